The molecule has 38 heavy (non-hydrogen) atoms. The van der Waals surface area contributed by atoms with Crippen molar-refractivity contribution in [3.05, 3.63) is 70.9 Å². The van der Waals surface area contributed by atoms with Crippen LogP contribution in [-0.4, -0.2) is 36.2 Å². The maximum absolute atomic E-state index is 11.9. The van der Waals surface area contributed by atoms with Gasteiger partial charge in [-0.3, -0.25) is 4.79 Å². The Morgan fingerprint density at radius 2 is 1.37 bits per heavy atom. The van der Waals surface area contributed by atoms with E-state index < -0.39 is 12.1 Å². The summed E-state index contributed by atoms with van der Waals surface area (Å²) in [4.78, 5) is 34.8. The van der Waals surface area contributed by atoms with Crippen molar-refractivity contribution in [2.24, 2.45) is 11.8 Å². The zero-order valence-electron chi connectivity index (χ0n) is 23.5. The predicted octanol–water partition coefficient (Wildman–Crippen LogP) is 6.64. The number of allylic oxidation sites excluding steroid dienone is 5. The van der Waals surface area contributed by atoms with Gasteiger partial charge in [-0.2, -0.15) is 0 Å². The highest BCUT2D eigenvalue weighted by Gasteiger charge is 2.44. The van der Waals surface area contributed by atoms with E-state index in [-0.39, 0.29) is 36.0 Å². The number of esters is 3. The van der Waals surface area contributed by atoms with Gasteiger partial charge in [0.2, 0.25) is 0 Å². The number of hydrogen-bond donors (Lipinski definition) is 0. The summed E-state index contributed by atoms with van der Waals surface area (Å²) in [5, 5.41) is 0. The highest BCUT2D eigenvalue weighted by atomic mass is 16.6. The third-order valence-electron chi connectivity index (χ3n) is 7.66. The van der Waals surface area contributed by atoms with Crippen LogP contribution in [-0.2, 0) is 28.6 Å². The predicted molar refractivity (Wildman–Crippen MR) is 148 cm³/mol. The first-order valence-electron chi connectivity index (χ1n) is 13.6. The molecular formula is C32H42O6. The van der Waals surface area contributed by atoms with Gasteiger partial charge in [0.25, 0.3) is 0 Å². The van der Waals surface area contributed by atoms with Crippen LogP contribution in [0.5, 0.6) is 0 Å². The molecule has 4 rings (SSSR count). The van der Waals surface area contributed by atoms with Crippen LogP contribution in [0.4, 0.5) is 0 Å². The fourth-order valence-electron chi connectivity index (χ4n) is 5.46. The molecule has 4 aliphatic rings. The van der Waals surface area contributed by atoms with E-state index in [1.54, 1.807) is 0 Å². The minimum Gasteiger partial charge on any atom is -0.461 e. The molecular weight excluding hydrogens is 480 g/mol. The van der Waals surface area contributed by atoms with E-state index >= 15 is 0 Å². The fraction of sp³-hybridized carbons (Fsp3) is 0.531. The zero-order chi connectivity index (χ0) is 28.0. The minimum atomic E-state index is -0.412. The SMILES string of the molecule is C=C1C(=O)O[C@@H]2/C=C(\C)CC/C=C(\C)CC[C@@H]12.C=C1C(=O)O[C@@H]2/C=C(\C)CC/C=C(\C)C[C@@H](OC(C)=O)[C@@H]12. The van der Waals surface area contributed by atoms with Gasteiger partial charge in [0.15, 0.2) is 0 Å². The Kier molecular flexibility index (Phi) is 10.1. The van der Waals surface area contributed by atoms with Gasteiger partial charge >= 0.3 is 17.9 Å². The lowest BCUT2D eigenvalue weighted by molar-refractivity contribution is -0.149. The number of hydrogen-bond acceptors (Lipinski definition) is 6. The van der Waals surface area contributed by atoms with Gasteiger partial charge < -0.3 is 14.2 Å². The number of fused-ring (bicyclic) bond motifs is 2. The Morgan fingerprint density at radius 3 is 2.00 bits per heavy atom. The molecule has 206 valence electrons. The van der Waals surface area contributed by atoms with Crippen molar-refractivity contribution in [2.45, 2.75) is 97.9 Å². The van der Waals surface area contributed by atoms with Crippen LogP contribution in [0.15, 0.2) is 70.9 Å². The second-order valence-electron chi connectivity index (χ2n) is 11.0. The molecule has 2 heterocycles. The Balaban J connectivity index is 0.000000215. The van der Waals surface area contributed by atoms with E-state index in [0.717, 1.165) is 44.1 Å². The van der Waals surface area contributed by atoms with Crippen LogP contribution in [0, 0.1) is 11.8 Å². The number of ether oxygens (including phenoxy) is 3. The largest absolute Gasteiger partial charge is 0.461 e. The third kappa shape index (κ3) is 7.68. The second-order valence-corrected chi connectivity index (χ2v) is 11.0. The summed E-state index contributed by atoms with van der Waals surface area (Å²) in [5.41, 5.74) is 6.07. The van der Waals surface area contributed by atoms with Gasteiger partial charge in [-0.05, 0) is 78.4 Å². The molecule has 0 saturated carbocycles. The van der Waals surface area contributed by atoms with Gasteiger partial charge in [0.05, 0.1) is 5.92 Å². The van der Waals surface area contributed by atoms with Crippen LogP contribution >= 0.6 is 0 Å². The summed E-state index contributed by atoms with van der Waals surface area (Å²) >= 11 is 0. The summed E-state index contributed by atoms with van der Waals surface area (Å²) < 4.78 is 16.2. The molecule has 0 aromatic carbocycles. The molecule has 2 aliphatic heterocycles. The Hall–Kier alpha value is -3.15. The summed E-state index contributed by atoms with van der Waals surface area (Å²) in [6.07, 6.45) is 14.2. The first-order valence-corrected chi connectivity index (χ1v) is 13.6. The molecule has 0 radical (unpaired) electrons. The summed E-state index contributed by atoms with van der Waals surface area (Å²) in [7, 11) is 0. The maximum Gasteiger partial charge on any atom is 0.334 e. The molecule has 2 fully saturated rings. The van der Waals surface area contributed by atoms with Crippen LogP contribution < -0.4 is 0 Å². The molecule has 5 atom stereocenters. The van der Waals surface area contributed by atoms with Gasteiger partial charge in [-0.15, -0.1) is 0 Å². The Labute approximate surface area is 227 Å². The van der Waals surface area contributed by atoms with Gasteiger partial charge in [-0.25, -0.2) is 9.59 Å². The van der Waals surface area contributed by atoms with E-state index in [2.05, 4.69) is 45.2 Å². The molecule has 0 spiro atoms. The average Bonchev–Trinajstić information content (AvgIpc) is 3.25. The lowest BCUT2D eigenvalue weighted by Gasteiger charge is -2.26. The molecule has 0 N–H and O–H groups in total. The van der Waals surface area contributed by atoms with Gasteiger partial charge in [0, 0.05) is 30.4 Å². The monoisotopic (exact) mass is 522 g/mol. The van der Waals surface area contributed by atoms with Crippen molar-refractivity contribution in [1.82, 2.24) is 0 Å². The van der Waals surface area contributed by atoms with Gasteiger partial charge in [0.1, 0.15) is 18.3 Å². The fourth-order valence-corrected chi connectivity index (χ4v) is 5.46. The summed E-state index contributed by atoms with van der Waals surface area (Å²) in [6, 6.07) is 0. The molecule has 0 aromatic heterocycles. The molecule has 0 amide bonds. The lowest BCUT2D eigenvalue weighted by atomic mass is 9.85. The molecule has 2 aliphatic carbocycles. The minimum absolute atomic E-state index is 0.0825. The summed E-state index contributed by atoms with van der Waals surface area (Å²) in [6.45, 7) is 17.4. The Bertz CT molecular complexity index is 1100. The van der Waals surface area contributed by atoms with Crippen LogP contribution in [0.25, 0.3) is 0 Å². The van der Waals surface area contributed by atoms with E-state index in [1.807, 2.05) is 19.9 Å². The van der Waals surface area contributed by atoms with Crippen LogP contribution in [0.1, 0.15) is 79.6 Å². The zero-order valence-corrected chi connectivity index (χ0v) is 23.5. The lowest BCUT2D eigenvalue weighted by Crippen LogP contribution is -2.32. The van der Waals surface area contributed by atoms with Gasteiger partial charge in [-0.1, -0.05) is 47.6 Å². The molecule has 0 unspecified atom stereocenters. The van der Waals surface area contributed by atoms with Crippen LogP contribution in [0.2, 0.25) is 0 Å². The smallest absolute Gasteiger partial charge is 0.334 e. The van der Waals surface area contributed by atoms with E-state index in [1.165, 1.54) is 23.6 Å². The van der Waals surface area contributed by atoms with E-state index in [0.29, 0.717) is 17.6 Å². The van der Waals surface area contributed by atoms with E-state index in [9.17, 15) is 14.4 Å². The normalized spacial score (nSPS) is 35.6. The molecule has 6 nitrogen and oxygen atoms in total. The highest BCUT2D eigenvalue weighted by molar-refractivity contribution is 5.91. The molecule has 6 heteroatoms. The van der Waals surface area contributed by atoms with Crippen molar-refractivity contribution in [3.8, 4) is 0 Å². The highest BCUT2D eigenvalue weighted by Crippen LogP contribution is 2.36. The molecule has 0 bridgehead atoms. The standard InChI is InChI=1S/C17H22O4.C15H20O2/c1-10-6-5-7-11(2)9-15-16(12(3)17(19)21-15)14(8-10)20-13(4)18;1-10-5-4-6-11(2)9-14-13(8-7-10)12(3)15(16)17-14/h6,9,14-16H,3,5,7-8H2,1-2,4H3;5,9,13-14H,3-4,6-8H2,1-2H3/b10-6+,11-9+;10-5+,11-9+/t14-,15-,16-;13-,14+/m10/s1. The average molecular weight is 523 g/mol. The van der Waals surface area contributed by atoms with Crippen LogP contribution in [0.3, 0.4) is 0 Å². The first kappa shape index (κ1) is 29.4. The van der Waals surface area contributed by atoms with Crippen molar-refractivity contribution in [3.63, 3.8) is 0 Å². The quantitative estimate of drug-likeness (QED) is 0.166. The summed E-state index contributed by atoms with van der Waals surface area (Å²) in [5.74, 6) is -1.11. The number of rotatable bonds is 1. The van der Waals surface area contributed by atoms with E-state index in [4.69, 9.17) is 14.2 Å². The Morgan fingerprint density at radius 1 is 0.816 bits per heavy atom. The van der Waals surface area contributed by atoms with Crippen molar-refractivity contribution in [2.75, 3.05) is 0 Å². The third-order valence-corrected chi connectivity index (χ3v) is 7.66. The van der Waals surface area contributed by atoms with Crippen molar-refractivity contribution < 1.29 is 28.6 Å². The van der Waals surface area contributed by atoms with Crippen molar-refractivity contribution >= 4 is 17.9 Å². The molecule has 0 aromatic rings. The molecule has 2 saturated heterocycles. The number of carbonyl (C=O) groups excluding carboxylic acids is 3. The topological polar surface area (TPSA) is 78.9 Å². The first-order chi connectivity index (χ1) is 18.0. The second kappa shape index (κ2) is 13.1. The van der Waals surface area contributed by atoms with Crippen molar-refractivity contribution in [1.29, 1.82) is 0 Å². The number of carbonyl (C=O) groups is 3. The maximum atomic E-state index is 11.9.